The van der Waals surface area contributed by atoms with Crippen LogP contribution in [0.3, 0.4) is 0 Å². The van der Waals surface area contributed by atoms with Gasteiger partial charge in [-0.15, -0.1) is 0 Å². The van der Waals surface area contributed by atoms with Crippen LogP contribution in [-0.2, 0) is 0 Å². The molecule has 0 unspecified atom stereocenters. The van der Waals surface area contributed by atoms with E-state index in [2.05, 4.69) is 0 Å². The first-order valence-electron chi connectivity index (χ1n) is 0.651. The molecule has 0 fully saturated rings. The van der Waals surface area contributed by atoms with Crippen LogP contribution in [-0.4, -0.2) is 82.1 Å². The summed E-state index contributed by atoms with van der Waals surface area (Å²) in [4.78, 5) is 8.56. The van der Waals surface area contributed by atoms with Gasteiger partial charge in [-0.25, -0.2) is 4.79 Å². The van der Waals surface area contributed by atoms with Crippen LogP contribution in [0.2, 0.25) is 0 Å². The van der Waals surface area contributed by atoms with E-state index in [0.717, 1.165) is 0 Å². The van der Waals surface area contributed by atoms with E-state index in [9.17, 15) is 0 Å². The molecular weight excluding hydrogens is 117 g/mol. The molecule has 3 nitrogen and oxygen atoms in total. The summed E-state index contributed by atoms with van der Waals surface area (Å²) in [5, 5.41) is 13.9. The summed E-state index contributed by atoms with van der Waals surface area (Å²) in [6.45, 7) is 0. The Morgan fingerprint density at radius 3 is 1.29 bits per heavy atom. The Morgan fingerprint density at radius 2 is 1.29 bits per heavy atom. The molecule has 34 valence electrons. The summed E-state index contributed by atoms with van der Waals surface area (Å²) in [5.41, 5.74) is 0. The van der Waals surface area contributed by atoms with E-state index >= 15 is 0 Å². The molecule has 0 atom stereocenters. The molecule has 0 radical (unpaired) electrons. The molecule has 0 saturated heterocycles. The second-order valence-corrected chi connectivity index (χ2v) is 0.283. The van der Waals surface area contributed by atoms with Crippen molar-refractivity contribution in [3.05, 3.63) is 0 Å². The standard InChI is InChI=1S/CH2O3.Al.Li.Na.5H/c2-1(3)4;;;;;;;;/h(H2,2,3,4);;;;;;;;. The van der Waals surface area contributed by atoms with Gasteiger partial charge >= 0.3 is 54.6 Å². The second-order valence-electron chi connectivity index (χ2n) is 0.283. The van der Waals surface area contributed by atoms with Crippen LogP contribution in [0.1, 0.15) is 0 Å². The quantitative estimate of drug-likeness (QED) is 0.358. The molecule has 0 aliphatic carbocycles. The SMILES string of the molecule is O=C(O)O.[AlH3].[LiH].[NaH]. The molecule has 0 amide bonds. The predicted molar refractivity (Wildman–Crippen MR) is 34.9 cm³/mol. The molecule has 0 saturated carbocycles. The zero-order chi connectivity index (χ0) is 3.58. The molecular formula is CH7AlLiNaO3. The zero-order valence-electron chi connectivity index (χ0n) is 1.80. The van der Waals surface area contributed by atoms with Gasteiger partial charge in [0.15, 0.2) is 17.4 Å². The third-order valence-electron chi connectivity index (χ3n) is 0. The van der Waals surface area contributed by atoms with Gasteiger partial charge in [-0.05, 0) is 0 Å². The number of rotatable bonds is 0. The van der Waals surface area contributed by atoms with E-state index in [1.807, 2.05) is 0 Å². The van der Waals surface area contributed by atoms with Crippen LogP contribution in [0.4, 0.5) is 4.79 Å². The summed E-state index contributed by atoms with van der Waals surface area (Å²) < 4.78 is 0. The van der Waals surface area contributed by atoms with Crippen LogP contribution < -0.4 is 0 Å². The Balaban J connectivity index is -0.0000000150. The molecule has 7 heavy (non-hydrogen) atoms. The second kappa shape index (κ2) is 15.7. The molecule has 0 rings (SSSR count). The molecule has 0 aromatic heterocycles. The van der Waals surface area contributed by atoms with E-state index < -0.39 is 6.16 Å². The van der Waals surface area contributed by atoms with Crippen molar-refractivity contribution in [1.29, 1.82) is 0 Å². The van der Waals surface area contributed by atoms with Crippen molar-refractivity contribution in [3.63, 3.8) is 0 Å². The van der Waals surface area contributed by atoms with Crippen molar-refractivity contribution < 1.29 is 15.0 Å². The van der Waals surface area contributed by atoms with Gasteiger partial charge in [-0.1, -0.05) is 0 Å². The number of carbonyl (C=O) groups is 1. The Hall–Kier alpha value is 1.40. The van der Waals surface area contributed by atoms with Gasteiger partial charge in [0.2, 0.25) is 0 Å². The number of hydrogen-bond acceptors (Lipinski definition) is 1. The summed E-state index contributed by atoms with van der Waals surface area (Å²) >= 11 is 0. The Bertz CT molecular complexity index is 37.9. The summed E-state index contributed by atoms with van der Waals surface area (Å²) in [7, 11) is 0. The van der Waals surface area contributed by atoms with Crippen LogP contribution >= 0.6 is 0 Å². The first-order valence-corrected chi connectivity index (χ1v) is 0.651. The van der Waals surface area contributed by atoms with E-state index in [0.29, 0.717) is 0 Å². The summed E-state index contributed by atoms with van der Waals surface area (Å²) in [5.74, 6) is 0. The molecule has 0 heterocycles. The monoisotopic (exact) mass is 124 g/mol. The average molecular weight is 124 g/mol. The first-order chi connectivity index (χ1) is 1.73. The van der Waals surface area contributed by atoms with Crippen molar-refractivity contribution >= 4 is 71.9 Å². The van der Waals surface area contributed by atoms with Gasteiger partial charge in [0.05, 0.1) is 0 Å². The van der Waals surface area contributed by atoms with Gasteiger partial charge in [-0.3, -0.25) is 0 Å². The number of carboxylic acid groups (broad SMARTS) is 2. The molecule has 0 aliphatic heterocycles. The van der Waals surface area contributed by atoms with Crippen LogP contribution in [0.5, 0.6) is 0 Å². The molecule has 0 bridgehead atoms. The van der Waals surface area contributed by atoms with Crippen molar-refractivity contribution in [1.82, 2.24) is 0 Å². The van der Waals surface area contributed by atoms with E-state index in [1.54, 1.807) is 0 Å². The van der Waals surface area contributed by atoms with Crippen LogP contribution in [0.25, 0.3) is 0 Å². The predicted octanol–water partition coefficient (Wildman–Crippen LogP) is -2.26. The van der Waals surface area contributed by atoms with Crippen molar-refractivity contribution in [2.24, 2.45) is 0 Å². The van der Waals surface area contributed by atoms with E-state index in [1.165, 1.54) is 0 Å². The third kappa shape index (κ3) is 110. The van der Waals surface area contributed by atoms with E-state index in [4.69, 9.17) is 15.0 Å². The normalized spacial score (nSPS) is 3.43. The molecule has 2 N–H and O–H groups in total. The first kappa shape index (κ1) is 23.8. The maximum absolute atomic E-state index is 8.56. The Morgan fingerprint density at radius 1 is 1.29 bits per heavy atom. The molecule has 0 aromatic rings. The van der Waals surface area contributed by atoms with Crippen LogP contribution in [0.15, 0.2) is 0 Å². The minimum absolute atomic E-state index is 0. The van der Waals surface area contributed by atoms with Gasteiger partial charge in [0, 0.05) is 0 Å². The molecule has 0 aliphatic rings. The molecule has 6 heteroatoms. The summed E-state index contributed by atoms with van der Waals surface area (Å²) in [6, 6.07) is 0. The zero-order valence-corrected chi connectivity index (χ0v) is 1.80. The van der Waals surface area contributed by atoms with Gasteiger partial charge in [-0.2, -0.15) is 0 Å². The van der Waals surface area contributed by atoms with Crippen molar-refractivity contribution in [3.8, 4) is 0 Å². The topological polar surface area (TPSA) is 57.5 Å². The Kier molecular flexibility index (Phi) is 53.1. The van der Waals surface area contributed by atoms with Crippen molar-refractivity contribution in [2.45, 2.75) is 0 Å². The summed E-state index contributed by atoms with van der Waals surface area (Å²) in [6.07, 6.45) is -1.83. The fourth-order valence-electron chi connectivity index (χ4n) is 0. The third-order valence-corrected chi connectivity index (χ3v) is 0. The Labute approximate surface area is 86.1 Å². The fraction of sp³-hybridized carbons (Fsp3) is 0. The van der Waals surface area contributed by atoms with Crippen molar-refractivity contribution in [2.75, 3.05) is 0 Å². The van der Waals surface area contributed by atoms with Gasteiger partial charge < -0.3 is 10.2 Å². The minimum atomic E-state index is -1.83. The maximum atomic E-state index is 8.56. The average Bonchev–Trinajstić information content (AvgIpc) is 0.811. The fourth-order valence-corrected chi connectivity index (χ4v) is 0. The molecule has 0 spiro atoms. The van der Waals surface area contributed by atoms with Gasteiger partial charge in [0.25, 0.3) is 0 Å². The molecule has 0 aromatic carbocycles. The van der Waals surface area contributed by atoms with E-state index in [-0.39, 0.29) is 65.8 Å². The number of hydrogen-bond donors (Lipinski definition) is 2. The van der Waals surface area contributed by atoms with Crippen LogP contribution in [0, 0.1) is 0 Å². The van der Waals surface area contributed by atoms with Gasteiger partial charge in [0.1, 0.15) is 0 Å².